The maximum atomic E-state index is 13.3. The van der Waals surface area contributed by atoms with Crippen LogP contribution in [0.1, 0.15) is 59.1 Å². The standard InChI is InChI=1S/C30H32ClN5O4/c1-3-4-5-8-19-9-6-7-10-20(19)17-33-30(39)23-16-25-34-18(2)22(15-26(37)38)29(36(25)35-23)21-11-12-24-28(27(21)31)32-13-14-40-24/h6-7,9-12,16,32H,3-5,8,13-15,17H2,1-2H3,(H,33,39)(H,37,38). The van der Waals surface area contributed by atoms with E-state index in [1.54, 1.807) is 25.1 Å². The van der Waals surface area contributed by atoms with Crippen molar-refractivity contribution in [2.45, 2.75) is 52.5 Å². The van der Waals surface area contributed by atoms with Crippen molar-refractivity contribution in [3.05, 3.63) is 75.6 Å². The highest BCUT2D eigenvalue weighted by Gasteiger charge is 2.25. The number of hydrogen-bond donors (Lipinski definition) is 3. The maximum Gasteiger partial charge on any atom is 0.307 e. The summed E-state index contributed by atoms with van der Waals surface area (Å²) in [5, 5.41) is 20.9. The molecule has 2 aromatic heterocycles. The van der Waals surface area contributed by atoms with Crippen molar-refractivity contribution in [3.63, 3.8) is 0 Å². The molecule has 0 radical (unpaired) electrons. The molecule has 3 N–H and O–H groups in total. The first-order valence-corrected chi connectivity index (χ1v) is 13.9. The Bertz CT molecular complexity index is 1580. The Balaban J connectivity index is 1.51. The Labute approximate surface area is 237 Å². The molecule has 1 amide bonds. The van der Waals surface area contributed by atoms with Gasteiger partial charge in [0.1, 0.15) is 12.4 Å². The number of carbonyl (C=O) groups is 2. The van der Waals surface area contributed by atoms with E-state index in [0.29, 0.717) is 64.3 Å². The number of carboxylic acid groups (broad SMARTS) is 1. The molecule has 0 fully saturated rings. The van der Waals surface area contributed by atoms with Crippen LogP contribution in [0, 0.1) is 6.92 Å². The smallest absolute Gasteiger partial charge is 0.307 e. The first-order valence-electron chi connectivity index (χ1n) is 13.5. The highest BCUT2D eigenvalue weighted by Crippen LogP contribution is 2.42. The van der Waals surface area contributed by atoms with E-state index in [4.69, 9.17) is 16.3 Å². The molecule has 0 saturated heterocycles. The second-order valence-electron chi connectivity index (χ2n) is 9.88. The number of unbranched alkanes of at least 4 members (excludes halogenated alkanes) is 2. The lowest BCUT2D eigenvalue weighted by Crippen LogP contribution is -2.24. The molecule has 0 atom stereocenters. The first kappa shape index (κ1) is 27.5. The fourth-order valence-electron chi connectivity index (χ4n) is 5.07. The fourth-order valence-corrected chi connectivity index (χ4v) is 5.39. The first-order chi connectivity index (χ1) is 19.4. The molecule has 0 aliphatic carbocycles. The number of benzene rings is 2. The van der Waals surface area contributed by atoms with E-state index in [-0.39, 0.29) is 18.0 Å². The Morgan fingerprint density at radius 3 is 2.75 bits per heavy atom. The van der Waals surface area contributed by atoms with Crippen molar-refractivity contribution >= 4 is 34.8 Å². The molecule has 1 aliphatic rings. The normalized spacial score (nSPS) is 12.5. The molecule has 10 heteroatoms. The minimum atomic E-state index is -1.01. The Morgan fingerprint density at radius 2 is 1.98 bits per heavy atom. The molecule has 0 spiro atoms. The molecule has 40 heavy (non-hydrogen) atoms. The molecular weight excluding hydrogens is 530 g/mol. The third kappa shape index (κ3) is 5.60. The minimum Gasteiger partial charge on any atom is -0.490 e. The van der Waals surface area contributed by atoms with Gasteiger partial charge >= 0.3 is 5.97 Å². The molecule has 1 aliphatic heterocycles. The average molecular weight is 562 g/mol. The van der Waals surface area contributed by atoms with Crippen LogP contribution in [0.2, 0.25) is 5.02 Å². The summed E-state index contributed by atoms with van der Waals surface area (Å²) in [5.41, 5.74) is 5.58. The number of anilines is 1. The lowest BCUT2D eigenvalue weighted by molar-refractivity contribution is -0.136. The number of nitrogens with one attached hydrogen (secondary N) is 2. The molecule has 2 aromatic carbocycles. The van der Waals surface area contributed by atoms with Crippen molar-refractivity contribution < 1.29 is 19.4 Å². The largest absolute Gasteiger partial charge is 0.490 e. The summed E-state index contributed by atoms with van der Waals surface area (Å²) < 4.78 is 7.22. The highest BCUT2D eigenvalue weighted by atomic mass is 35.5. The van der Waals surface area contributed by atoms with Crippen LogP contribution < -0.4 is 15.4 Å². The third-order valence-electron chi connectivity index (χ3n) is 7.10. The number of aromatic nitrogens is 3. The zero-order valence-electron chi connectivity index (χ0n) is 22.6. The van der Waals surface area contributed by atoms with Gasteiger partial charge in [-0.3, -0.25) is 9.59 Å². The number of amides is 1. The number of rotatable bonds is 10. The van der Waals surface area contributed by atoms with Gasteiger partial charge in [-0.1, -0.05) is 55.6 Å². The number of carboxylic acids is 1. The van der Waals surface area contributed by atoms with Gasteiger partial charge in [0.15, 0.2) is 11.3 Å². The monoisotopic (exact) mass is 561 g/mol. The average Bonchev–Trinajstić information content (AvgIpc) is 3.37. The quantitative estimate of drug-likeness (QED) is 0.220. The molecule has 0 saturated carbocycles. The van der Waals surface area contributed by atoms with Crippen LogP contribution >= 0.6 is 11.6 Å². The van der Waals surface area contributed by atoms with Crippen LogP contribution in [0.3, 0.4) is 0 Å². The summed E-state index contributed by atoms with van der Waals surface area (Å²) in [6.07, 6.45) is 4.11. The van der Waals surface area contributed by atoms with E-state index in [2.05, 4.69) is 33.7 Å². The second kappa shape index (κ2) is 12.0. The van der Waals surface area contributed by atoms with E-state index < -0.39 is 5.97 Å². The van der Waals surface area contributed by atoms with Crippen LogP contribution in [0.5, 0.6) is 5.75 Å². The van der Waals surface area contributed by atoms with Gasteiger partial charge in [0.05, 0.1) is 22.8 Å². The lowest BCUT2D eigenvalue weighted by Gasteiger charge is -2.22. The molecule has 208 valence electrons. The van der Waals surface area contributed by atoms with E-state index in [9.17, 15) is 14.7 Å². The summed E-state index contributed by atoms with van der Waals surface area (Å²) in [7, 11) is 0. The van der Waals surface area contributed by atoms with Crippen LogP contribution in [-0.2, 0) is 24.2 Å². The van der Waals surface area contributed by atoms with Crippen LogP contribution in [0.25, 0.3) is 16.9 Å². The Hall–Kier alpha value is -4.11. The predicted molar refractivity (Wildman–Crippen MR) is 154 cm³/mol. The summed E-state index contributed by atoms with van der Waals surface area (Å²) >= 11 is 6.84. The third-order valence-corrected chi connectivity index (χ3v) is 7.49. The van der Waals surface area contributed by atoms with Crippen molar-refractivity contribution in [1.29, 1.82) is 0 Å². The van der Waals surface area contributed by atoms with Crippen molar-refractivity contribution in [2.24, 2.45) is 0 Å². The van der Waals surface area contributed by atoms with Gasteiger partial charge < -0.3 is 20.5 Å². The van der Waals surface area contributed by atoms with Gasteiger partial charge in [-0.25, -0.2) is 9.50 Å². The maximum absolute atomic E-state index is 13.3. The number of carbonyl (C=O) groups excluding carboxylic acids is 1. The topological polar surface area (TPSA) is 118 Å². The lowest BCUT2D eigenvalue weighted by atomic mass is 10.0. The summed E-state index contributed by atoms with van der Waals surface area (Å²) in [4.78, 5) is 29.6. The van der Waals surface area contributed by atoms with E-state index in [1.165, 1.54) is 10.1 Å². The van der Waals surface area contributed by atoms with Crippen LogP contribution in [0.4, 0.5) is 5.69 Å². The number of halogens is 1. The number of hydrogen-bond acceptors (Lipinski definition) is 6. The van der Waals surface area contributed by atoms with Crippen molar-refractivity contribution in [2.75, 3.05) is 18.5 Å². The van der Waals surface area contributed by atoms with Crippen molar-refractivity contribution in [1.82, 2.24) is 19.9 Å². The number of aryl methyl sites for hydroxylation is 2. The van der Waals surface area contributed by atoms with Gasteiger partial charge in [-0.2, -0.15) is 5.10 Å². The number of aliphatic carboxylic acids is 1. The van der Waals surface area contributed by atoms with Gasteiger partial charge in [0.25, 0.3) is 5.91 Å². The van der Waals surface area contributed by atoms with Gasteiger partial charge in [-0.15, -0.1) is 0 Å². The van der Waals surface area contributed by atoms with Crippen molar-refractivity contribution in [3.8, 4) is 17.0 Å². The molecule has 0 unspecified atom stereocenters. The second-order valence-corrected chi connectivity index (χ2v) is 10.3. The Morgan fingerprint density at radius 1 is 1.18 bits per heavy atom. The SMILES string of the molecule is CCCCCc1ccccc1CNC(=O)c1cc2nc(C)c(CC(=O)O)c(-c3ccc4c(c3Cl)NCCO4)n2n1. The van der Waals surface area contributed by atoms with Gasteiger partial charge in [0.2, 0.25) is 0 Å². The number of ether oxygens (including phenoxy) is 1. The summed E-state index contributed by atoms with van der Waals surface area (Å²) in [6, 6.07) is 13.3. The zero-order valence-corrected chi connectivity index (χ0v) is 23.3. The molecular formula is C30H32ClN5O4. The van der Waals surface area contributed by atoms with E-state index >= 15 is 0 Å². The van der Waals surface area contributed by atoms with Crippen LogP contribution in [-0.4, -0.2) is 44.7 Å². The van der Waals surface area contributed by atoms with Crippen LogP contribution in [0.15, 0.2) is 42.5 Å². The van der Waals surface area contributed by atoms with Gasteiger partial charge in [-0.05, 0) is 43.0 Å². The van der Waals surface area contributed by atoms with E-state index in [0.717, 1.165) is 31.2 Å². The number of fused-ring (bicyclic) bond motifs is 2. The highest BCUT2D eigenvalue weighted by molar-refractivity contribution is 6.36. The molecule has 5 rings (SSSR count). The molecule has 4 aromatic rings. The van der Waals surface area contributed by atoms with Gasteiger partial charge in [0, 0.05) is 36.0 Å². The minimum absolute atomic E-state index is 0.180. The number of nitrogens with zero attached hydrogens (tertiary/aromatic N) is 3. The summed E-state index contributed by atoms with van der Waals surface area (Å²) in [6.45, 7) is 5.42. The zero-order chi connectivity index (χ0) is 28.2. The molecule has 3 heterocycles. The predicted octanol–water partition coefficient (Wildman–Crippen LogP) is 5.45. The Kier molecular flexibility index (Phi) is 8.21. The van der Waals surface area contributed by atoms with E-state index in [1.807, 2.05) is 18.2 Å². The molecule has 9 nitrogen and oxygen atoms in total. The fraction of sp³-hybridized carbons (Fsp3) is 0.333. The summed E-state index contributed by atoms with van der Waals surface area (Å²) in [5.74, 6) is -0.732. The molecule has 0 bridgehead atoms.